The molecule has 0 aliphatic rings. The Kier molecular flexibility index (Phi) is 5.31. The van der Waals surface area contributed by atoms with Crippen LogP contribution in [0.2, 0.25) is 0 Å². The molecule has 0 aromatic rings. The summed E-state index contributed by atoms with van der Waals surface area (Å²) < 4.78 is 5.77. The lowest BCUT2D eigenvalue weighted by molar-refractivity contribution is -0.0494. The zero-order chi connectivity index (χ0) is 10.5. The third-order valence-corrected chi connectivity index (χ3v) is 1.54. The van der Waals surface area contributed by atoms with Crippen molar-refractivity contribution >= 4 is 0 Å². The molecule has 0 spiro atoms. The van der Waals surface area contributed by atoms with E-state index in [1.165, 1.54) is 0 Å². The van der Waals surface area contributed by atoms with Gasteiger partial charge in [0, 0.05) is 0 Å². The molecule has 0 heterocycles. The maximum Gasteiger partial charge on any atom is 0.0602 e. The molecule has 0 radical (unpaired) electrons. The third kappa shape index (κ3) is 9.62. The van der Waals surface area contributed by atoms with Gasteiger partial charge in [0.2, 0.25) is 0 Å². The molecule has 0 saturated carbocycles. The van der Waals surface area contributed by atoms with Gasteiger partial charge in [-0.05, 0) is 40.0 Å². The highest BCUT2D eigenvalue weighted by Crippen LogP contribution is 2.13. The van der Waals surface area contributed by atoms with Crippen LogP contribution in [0.1, 0.15) is 48.0 Å². The Bertz CT molecular complexity index is 151. The average molecular weight is 184 g/mol. The molecule has 0 aliphatic carbocycles. The van der Waals surface area contributed by atoms with Crippen molar-refractivity contribution in [3.8, 4) is 0 Å². The first-order chi connectivity index (χ1) is 5.81. The van der Waals surface area contributed by atoms with Crippen molar-refractivity contribution in [2.75, 3.05) is 0 Å². The average Bonchev–Trinajstić information content (AvgIpc) is 1.81. The van der Waals surface area contributed by atoms with Crippen molar-refractivity contribution in [3.05, 3.63) is 12.2 Å². The normalized spacial score (nSPS) is 15.6. The lowest BCUT2D eigenvalue weighted by atomic mass is 10.1. The SMILES string of the molecule is CC(C)/C=C/C[C@H](C)OC(C)(C)C. The van der Waals surface area contributed by atoms with Crippen LogP contribution < -0.4 is 0 Å². The Hall–Kier alpha value is -0.300. The first-order valence-electron chi connectivity index (χ1n) is 5.16. The monoisotopic (exact) mass is 184 g/mol. The number of hydrogen-bond acceptors (Lipinski definition) is 1. The topological polar surface area (TPSA) is 9.23 Å². The largest absolute Gasteiger partial charge is 0.373 e. The molecule has 0 rings (SSSR count). The predicted molar refractivity (Wildman–Crippen MR) is 58.9 cm³/mol. The molecular formula is C12H24O. The Morgan fingerprint density at radius 1 is 1.15 bits per heavy atom. The fourth-order valence-corrected chi connectivity index (χ4v) is 1.19. The highest BCUT2D eigenvalue weighted by molar-refractivity contribution is 4.86. The van der Waals surface area contributed by atoms with Gasteiger partial charge < -0.3 is 4.74 Å². The molecule has 0 fully saturated rings. The number of hydrogen-bond donors (Lipinski definition) is 0. The Morgan fingerprint density at radius 3 is 2.08 bits per heavy atom. The van der Waals surface area contributed by atoms with E-state index in [1.807, 2.05) is 0 Å². The second kappa shape index (κ2) is 5.43. The van der Waals surface area contributed by atoms with E-state index in [2.05, 4.69) is 53.7 Å². The van der Waals surface area contributed by atoms with E-state index in [1.54, 1.807) is 0 Å². The first-order valence-corrected chi connectivity index (χ1v) is 5.16. The fourth-order valence-electron chi connectivity index (χ4n) is 1.19. The van der Waals surface area contributed by atoms with Crippen LogP contribution in [-0.2, 0) is 4.74 Å². The maximum atomic E-state index is 5.77. The van der Waals surface area contributed by atoms with Gasteiger partial charge in [-0.1, -0.05) is 26.0 Å². The van der Waals surface area contributed by atoms with Gasteiger partial charge in [0.25, 0.3) is 0 Å². The molecule has 0 aromatic carbocycles. The van der Waals surface area contributed by atoms with Crippen LogP contribution in [0.25, 0.3) is 0 Å². The van der Waals surface area contributed by atoms with Crippen molar-refractivity contribution in [1.29, 1.82) is 0 Å². The molecule has 0 saturated heterocycles. The van der Waals surface area contributed by atoms with Crippen LogP contribution in [-0.4, -0.2) is 11.7 Å². The highest BCUT2D eigenvalue weighted by Gasteiger charge is 2.13. The number of rotatable bonds is 4. The smallest absolute Gasteiger partial charge is 0.0602 e. The summed E-state index contributed by atoms with van der Waals surface area (Å²) in [4.78, 5) is 0. The first kappa shape index (κ1) is 12.7. The Morgan fingerprint density at radius 2 is 1.69 bits per heavy atom. The van der Waals surface area contributed by atoms with Crippen molar-refractivity contribution < 1.29 is 4.74 Å². The van der Waals surface area contributed by atoms with Crippen LogP contribution in [0.15, 0.2) is 12.2 Å². The zero-order valence-corrected chi connectivity index (χ0v) is 9.92. The lowest BCUT2D eigenvalue weighted by Gasteiger charge is -2.24. The molecule has 1 nitrogen and oxygen atoms in total. The van der Waals surface area contributed by atoms with E-state index in [0.717, 1.165) is 6.42 Å². The zero-order valence-electron chi connectivity index (χ0n) is 9.92. The molecule has 0 unspecified atom stereocenters. The maximum absolute atomic E-state index is 5.77. The van der Waals surface area contributed by atoms with Crippen molar-refractivity contribution in [1.82, 2.24) is 0 Å². The summed E-state index contributed by atoms with van der Waals surface area (Å²) in [6.45, 7) is 12.8. The summed E-state index contributed by atoms with van der Waals surface area (Å²) in [5, 5.41) is 0. The van der Waals surface area contributed by atoms with Gasteiger partial charge in [-0.25, -0.2) is 0 Å². The van der Waals surface area contributed by atoms with E-state index >= 15 is 0 Å². The van der Waals surface area contributed by atoms with Crippen LogP contribution in [0.5, 0.6) is 0 Å². The molecular weight excluding hydrogens is 160 g/mol. The molecule has 0 aromatic heterocycles. The predicted octanol–water partition coefficient (Wildman–Crippen LogP) is 3.79. The Labute approximate surface area is 83.2 Å². The van der Waals surface area contributed by atoms with E-state index in [9.17, 15) is 0 Å². The van der Waals surface area contributed by atoms with Gasteiger partial charge in [0.1, 0.15) is 0 Å². The number of allylic oxidation sites excluding steroid dienone is 1. The third-order valence-electron chi connectivity index (χ3n) is 1.54. The summed E-state index contributed by atoms with van der Waals surface area (Å²) in [5.74, 6) is 0.641. The van der Waals surface area contributed by atoms with Crippen molar-refractivity contribution in [2.24, 2.45) is 5.92 Å². The molecule has 78 valence electrons. The minimum atomic E-state index is -0.0227. The minimum Gasteiger partial charge on any atom is -0.373 e. The van der Waals surface area contributed by atoms with Crippen LogP contribution in [0, 0.1) is 5.92 Å². The van der Waals surface area contributed by atoms with E-state index in [-0.39, 0.29) is 5.60 Å². The fraction of sp³-hybridized carbons (Fsp3) is 0.833. The molecule has 0 amide bonds. The summed E-state index contributed by atoms with van der Waals surface area (Å²) in [5.41, 5.74) is -0.0227. The molecule has 0 N–H and O–H groups in total. The minimum absolute atomic E-state index is 0.0227. The van der Waals surface area contributed by atoms with Crippen LogP contribution >= 0.6 is 0 Å². The summed E-state index contributed by atoms with van der Waals surface area (Å²) in [6.07, 6.45) is 5.76. The molecule has 0 bridgehead atoms. The second-order valence-corrected chi connectivity index (χ2v) is 4.95. The van der Waals surface area contributed by atoms with Gasteiger partial charge in [-0.2, -0.15) is 0 Å². The summed E-state index contributed by atoms with van der Waals surface area (Å²) in [7, 11) is 0. The van der Waals surface area contributed by atoms with Gasteiger partial charge in [-0.3, -0.25) is 0 Å². The van der Waals surface area contributed by atoms with Crippen molar-refractivity contribution in [3.63, 3.8) is 0 Å². The van der Waals surface area contributed by atoms with Gasteiger partial charge in [0.05, 0.1) is 11.7 Å². The van der Waals surface area contributed by atoms with E-state index in [4.69, 9.17) is 4.74 Å². The van der Waals surface area contributed by atoms with Crippen LogP contribution in [0.4, 0.5) is 0 Å². The highest BCUT2D eigenvalue weighted by atomic mass is 16.5. The molecule has 1 atom stereocenters. The number of ether oxygens (including phenoxy) is 1. The van der Waals surface area contributed by atoms with Gasteiger partial charge in [-0.15, -0.1) is 0 Å². The van der Waals surface area contributed by atoms with E-state index in [0.29, 0.717) is 12.0 Å². The van der Waals surface area contributed by atoms with Gasteiger partial charge >= 0.3 is 0 Å². The second-order valence-electron chi connectivity index (χ2n) is 4.95. The standard InChI is InChI=1S/C12H24O/c1-10(2)8-7-9-11(3)13-12(4,5)6/h7-8,10-11H,9H2,1-6H3/b8-7+/t11-/m0/s1. The van der Waals surface area contributed by atoms with Gasteiger partial charge in [0.15, 0.2) is 0 Å². The quantitative estimate of drug-likeness (QED) is 0.604. The molecule has 13 heavy (non-hydrogen) atoms. The van der Waals surface area contributed by atoms with Crippen LogP contribution in [0.3, 0.4) is 0 Å². The van der Waals surface area contributed by atoms with E-state index < -0.39 is 0 Å². The van der Waals surface area contributed by atoms with Crippen molar-refractivity contribution in [2.45, 2.75) is 59.7 Å². The summed E-state index contributed by atoms with van der Waals surface area (Å²) in [6, 6.07) is 0. The molecule has 1 heteroatoms. The lowest BCUT2D eigenvalue weighted by Crippen LogP contribution is -2.25. The molecule has 0 aliphatic heterocycles. The Balaban J connectivity index is 3.69. The summed E-state index contributed by atoms with van der Waals surface area (Å²) >= 11 is 0.